The smallest absolute Gasteiger partial charge is 0.416 e. The second kappa shape index (κ2) is 5.08. The molecular formula is C11H10BrF3O2. The highest BCUT2D eigenvalue weighted by Gasteiger charge is 2.31. The normalized spacial score (nSPS) is 13.3. The third-order valence-electron chi connectivity index (χ3n) is 2.35. The molecule has 0 aromatic heterocycles. The van der Waals surface area contributed by atoms with Crippen LogP contribution in [0.4, 0.5) is 13.2 Å². The Kier molecular flexibility index (Phi) is 4.19. The first-order chi connectivity index (χ1) is 7.77. The van der Waals surface area contributed by atoms with Crippen molar-refractivity contribution in [3.05, 3.63) is 33.8 Å². The van der Waals surface area contributed by atoms with E-state index in [9.17, 15) is 18.0 Å². The molecule has 0 heterocycles. The maximum Gasteiger partial charge on any atom is 0.416 e. The van der Waals surface area contributed by atoms with E-state index in [2.05, 4.69) is 20.7 Å². The van der Waals surface area contributed by atoms with Crippen LogP contribution in [-0.2, 0) is 15.7 Å². The van der Waals surface area contributed by atoms with Gasteiger partial charge in [-0.3, -0.25) is 4.79 Å². The molecule has 1 aromatic carbocycles. The number of hydrogen-bond donors (Lipinski definition) is 0. The van der Waals surface area contributed by atoms with Gasteiger partial charge in [0, 0.05) is 4.47 Å². The Morgan fingerprint density at radius 3 is 2.41 bits per heavy atom. The van der Waals surface area contributed by atoms with Gasteiger partial charge in [-0.1, -0.05) is 22.0 Å². The SMILES string of the molecule is COC(=O)C(C)c1ccc(C(F)(F)F)cc1Br. The molecular weight excluding hydrogens is 301 g/mol. The van der Waals surface area contributed by atoms with E-state index in [1.807, 2.05) is 0 Å². The van der Waals surface area contributed by atoms with Gasteiger partial charge in [0.2, 0.25) is 0 Å². The maximum absolute atomic E-state index is 12.4. The fourth-order valence-corrected chi connectivity index (χ4v) is 2.08. The standard InChI is InChI=1S/C11H10BrF3O2/c1-6(10(16)17-2)8-4-3-7(5-9(8)12)11(13,14)15/h3-6H,1-2H3. The summed E-state index contributed by atoms with van der Waals surface area (Å²) in [5.74, 6) is -1.11. The number of carbonyl (C=O) groups is 1. The molecule has 0 radical (unpaired) electrons. The number of ether oxygens (including phenoxy) is 1. The van der Waals surface area contributed by atoms with Crippen molar-refractivity contribution in [2.24, 2.45) is 0 Å². The van der Waals surface area contributed by atoms with Crippen molar-refractivity contribution in [3.8, 4) is 0 Å². The summed E-state index contributed by atoms with van der Waals surface area (Å²) in [4.78, 5) is 11.3. The van der Waals surface area contributed by atoms with Gasteiger partial charge in [-0.25, -0.2) is 0 Å². The van der Waals surface area contributed by atoms with E-state index in [1.165, 1.54) is 13.2 Å². The fourth-order valence-electron chi connectivity index (χ4n) is 1.36. The van der Waals surface area contributed by atoms with Crippen LogP contribution >= 0.6 is 15.9 Å². The van der Waals surface area contributed by atoms with E-state index < -0.39 is 23.6 Å². The second-order valence-corrected chi connectivity index (χ2v) is 4.33. The highest BCUT2D eigenvalue weighted by molar-refractivity contribution is 9.10. The van der Waals surface area contributed by atoms with Crippen molar-refractivity contribution >= 4 is 21.9 Å². The van der Waals surface area contributed by atoms with Gasteiger partial charge in [-0.15, -0.1) is 0 Å². The average molecular weight is 311 g/mol. The Morgan fingerprint density at radius 1 is 1.41 bits per heavy atom. The average Bonchev–Trinajstić information content (AvgIpc) is 2.25. The van der Waals surface area contributed by atoms with Crippen LogP contribution < -0.4 is 0 Å². The van der Waals surface area contributed by atoms with Gasteiger partial charge in [0.05, 0.1) is 18.6 Å². The Labute approximate surface area is 105 Å². The lowest BCUT2D eigenvalue weighted by Gasteiger charge is -2.14. The first-order valence-corrected chi connectivity index (χ1v) is 5.51. The Hall–Kier alpha value is -1.04. The predicted octanol–water partition coefficient (Wildman–Crippen LogP) is 3.74. The summed E-state index contributed by atoms with van der Waals surface area (Å²) in [7, 11) is 1.23. The van der Waals surface area contributed by atoms with Gasteiger partial charge in [0.15, 0.2) is 0 Å². The lowest BCUT2D eigenvalue weighted by atomic mass is 10.00. The van der Waals surface area contributed by atoms with Crippen LogP contribution in [0, 0.1) is 0 Å². The van der Waals surface area contributed by atoms with Gasteiger partial charge in [0.25, 0.3) is 0 Å². The molecule has 0 N–H and O–H groups in total. The molecule has 0 fully saturated rings. The van der Waals surface area contributed by atoms with Crippen LogP contribution in [0.25, 0.3) is 0 Å². The van der Waals surface area contributed by atoms with Gasteiger partial charge in [-0.05, 0) is 24.6 Å². The van der Waals surface area contributed by atoms with Crippen molar-refractivity contribution in [2.75, 3.05) is 7.11 Å². The lowest BCUT2D eigenvalue weighted by Crippen LogP contribution is -2.12. The fraction of sp³-hybridized carbons (Fsp3) is 0.364. The lowest BCUT2D eigenvalue weighted by molar-refractivity contribution is -0.142. The Balaban J connectivity index is 3.10. The summed E-state index contributed by atoms with van der Waals surface area (Å²) in [6.07, 6.45) is -4.39. The molecule has 17 heavy (non-hydrogen) atoms. The van der Waals surface area contributed by atoms with E-state index in [4.69, 9.17) is 0 Å². The number of esters is 1. The summed E-state index contributed by atoms with van der Waals surface area (Å²) < 4.78 is 42.0. The summed E-state index contributed by atoms with van der Waals surface area (Å²) in [5.41, 5.74) is -0.296. The van der Waals surface area contributed by atoms with Crippen LogP contribution in [0.5, 0.6) is 0 Å². The molecule has 1 unspecified atom stereocenters. The minimum atomic E-state index is -4.39. The molecule has 0 spiro atoms. The molecule has 0 bridgehead atoms. The molecule has 6 heteroatoms. The third kappa shape index (κ3) is 3.21. The third-order valence-corrected chi connectivity index (χ3v) is 3.04. The van der Waals surface area contributed by atoms with Crippen molar-refractivity contribution in [1.29, 1.82) is 0 Å². The Bertz CT molecular complexity index is 429. The van der Waals surface area contributed by atoms with Crippen LogP contribution in [0.2, 0.25) is 0 Å². The zero-order valence-electron chi connectivity index (χ0n) is 9.14. The second-order valence-electron chi connectivity index (χ2n) is 3.48. The number of methoxy groups -OCH3 is 1. The van der Waals surface area contributed by atoms with E-state index in [1.54, 1.807) is 6.92 Å². The van der Waals surface area contributed by atoms with Gasteiger partial charge >= 0.3 is 12.1 Å². The predicted molar refractivity (Wildman–Crippen MR) is 59.6 cm³/mol. The van der Waals surface area contributed by atoms with Gasteiger partial charge < -0.3 is 4.74 Å². The molecule has 1 atom stereocenters. The molecule has 0 aliphatic carbocycles. The van der Waals surface area contributed by atoms with Crippen LogP contribution in [-0.4, -0.2) is 13.1 Å². The number of halogens is 4. The van der Waals surface area contributed by atoms with Gasteiger partial charge in [-0.2, -0.15) is 13.2 Å². The summed E-state index contributed by atoms with van der Waals surface area (Å²) in [6.45, 7) is 1.57. The number of rotatable bonds is 2. The molecule has 2 nitrogen and oxygen atoms in total. The van der Waals surface area contributed by atoms with Crippen molar-refractivity contribution in [1.82, 2.24) is 0 Å². The highest BCUT2D eigenvalue weighted by atomic mass is 79.9. The monoisotopic (exact) mass is 310 g/mol. The van der Waals surface area contributed by atoms with E-state index in [0.717, 1.165) is 12.1 Å². The van der Waals surface area contributed by atoms with E-state index in [0.29, 0.717) is 5.56 Å². The zero-order chi connectivity index (χ0) is 13.2. The highest BCUT2D eigenvalue weighted by Crippen LogP contribution is 2.34. The van der Waals surface area contributed by atoms with Crippen LogP contribution in [0.1, 0.15) is 24.0 Å². The molecule has 0 aliphatic rings. The summed E-state index contributed by atoms with van der Waals surface area (Å²) in [6, 6.07) is 3.17. The molecule has 0 saturated heterocycles. The molecule has 0 saturated carbocycles. The number of alkyl halides is 3. The first-order valence-electron chi connectivity index (χ1n) is 4.72. The summed E-state index contributed by atoms with van der Waals surface area (Å²) >= 11 is 3.03. The quantitative estimate of drug-likeness (QED) is 0.778. The van der Waals surface area contributed by atoms with E-state index >= 15 is 0 Å². The van der Waals surface area contributed by atoms with Crippen molar-refractivity contribution < 1.29 is 22.7 Å². The topological polar surface area (TPSA) is 26.3 Å². The molecule has 0 aliphatic heterocycles. The number of benzene rings is 1. The zero-order valence-corrected chi connectivity index (χ0v) is 10.7. The molecule has 0 amide bonds. The maximum atomic E-state index is 12.4. The minimum Gasteiger partial charge on any atom is -0.469 e. The molecule has 94 valence electrons. The van der Waals surface area contributed by atoms with Gasteiger partial charge in [0.1, 0.15) is 0 Å². The van der Waals surface area contributed by atoms with Crippen LogP contribution in [0.15, 0.2) is 22.7 Å². The van der Waals surface area contributed by atoms with E-state index in [-0.39, 0.29) is 4.47 Å². The van der Waals surface area contributed by atoms with Crippen LogP contribution in [0.3, 0.4) is 0 Å². The molecule has 1 rings (SSSR count). The number of hydrogen-bond acceptors (Lipinski definition) is 2. The Morgan fingerprint density at radius 2 is 2.00 bits per heavy atom. The largest absolute Gasteiger partial charge is 0.469 e. The first kappa shape index (κ1) is 14.0. The summed E-state index contributed by atoms with van der Waals surface area (Å²) in [5, 5.41) is 0. The van der Waals surface area contributed by atoms with Crippen molar-refractivity contribution in [3.63, 3.8) is 0 Å². The number of carbonyl (C=O) groups excluding carboxylic acids is 1. The minimum absolute atomic E-state index is 0.241. The van der Waals surface area contributed by atoms with Crippen molar-refractivity contribution in [2.45, 2.75) is 19.0 Å². The molecule has 1 aromatic rings.